The number of nitrogens with zero attached hydrogens (tertiary/aromatic N) is 3. The van der Waals surface area contributed by atoms with Gasteiger partial charge in [-0.15, -0.1) is 11.3 Å². The highest BCUT2D eigenvalue weighted by Crippen LogP contribution is 2.43. The first-order chi connectivity index (χ1) is 12.3. The number of carbonyl (C=O) groups is 1. The van der Waals surface area contributed by atoms with Crippen LogP contribution in [0.5, 0.6) is 0 Å². The predicted octanol–water partition coefficient (Wildman–Crippen LogP) is 4.76. The average molecular weight is 435 g/mol. The van der Waals surface area contributed by atoms with Gasteiger partial charge < -0.3 is 5.32 Å². The molecule has 0 bridgehead atoms. The largest absolute Gasteiger partial charge is 0.317 e. The standard InChI is InChI=1S/C19H23BrN4OS/c1-19(2,3)12-4-5-14-15(9-21)18(26-16(14)8-12)23-17(25)6-7-24-11-13(20)10-22-24/h10-12H,4-8H2,1-3H3,(H,23,25)/t12-/m0/s1. The molecule has 1 N–H and O–H groups in total. The Labute approximate surface area is 166 Å². The van der Waals surface area contributed by atoms with Crippen LogP contribution in [-0.2, 0) is 24.2 Å². The van der Waals surface area contributed by atoms with Gasteiger partial charge in [0.05, 0.1) is 16.2 Å². The SMILES string of the molecule is CC(C)(C)[C@H]1CCc2c(sc(NC(=O)CCn3cc(Br)cn3)c2C#N)C1. The van der Waals surface area contributed by atoms with Gasteiger partial charge >= 0.3 is 0 Å². The Kier molecular flexibility index (Phi) is 5.54. The summed E-state index contributed by atoms with van der Waals surface area (Å²) in [6.07, 6.45) is 6.88. The van der Waals surface area contributed by atoms with Gasteiger partial charge in [0.1, 0.15) is 11.1 Å². The number of halogens is 1. The quantitative estimate of drug-likeness (QED) is 0.753. The van der Waals surface area contributed by atoms with Crippen molar-refractivity contribution in [3.8, 4) is 6.07 Å². The molecule has 138 valence electrons. The van der Waals surface area contributed by atoms with E-state index in [4.69, 9.17) is 0 Å². The summed E-state index contributed by atoms with van der Waals surface area (Å²) in [7, 11) is 0. The van der Waals surface area contributed by atoms with Crippen molar-refractivity contribution in [3.05, 3.63) is 32.9 Å². The van der Waals surface area contributed by atoms with E-state index in [1.807, 2.05) is 6.20 Å². The zero-order valence-corrected chi connectivity index (χ0v) is 17.7. The molecule has 1 aliphatic rings. The molecule has 0 spiro atoms. The molecule has 7 heteroatoms. The van der Waals surface area contributed by atoms with E-state index in [2.05, 4.69) is 53.2 Å². The van der Waals surface area contributed by atoms with Crippen LogP contribution in [0.1, 0.15) is 49.6 Å². The summed E-state index contributed by atoms with van der Waals surface area (Å²) in [6, 6.07) is 2.31. The highest BCUT2D eigenvalue weighted by molar-refractivity contribution is 9.10. The molecular weight excluding hydrogens is 412 g/mol. The fourth-order valence-electron chi connectivity index (χ4n) is 3.40. The van der Waals surface area contributed by atoms with Crippen LogP contribution < -0.4 is 5.32 Å². The lowest BCUT2D eigenvalue weighted by atomic mass is 9.72. The molecule has 1 amide bonds. The molecule has 0 saturated carbocycles. The number of hydrogen-bond donors (Lipinski definition) is 1. The summed E-state index contributed by atoms with van der Waals surface area (Å²) >= 11 is 4.92. The van der Waals surface area contributed by atoms with E-state index < -0.39 is 0 Å². The van der Waals surface area contributed by atoms with Gasteiger partial charge in [0.25, 0.3) is 0 Å². The first-order valence-corrected chi connectivity index (χ1v) is 10.4. The lowest BCUT2D eigenvalue weighted by molar-refractivity contribution is -0.116. The highest BCUT2D eigenvalue weighted by atomic mass is 79.9. The normalized spacial score (nSPS) is 16.8. The summed E-state index contributed by atoms with van der Waals surface area (Å²) in [5.74, 6) is 0.529. The summed E-state index contributed by atoms with van der Waals surface area (Å²) < 4.78 is 2.62. The minimum absolute atomic E-state index is 0.0842. The minimum atomic E-state index is -0.0842. The minimum Gasteiger partial charge on any atom is -0.317 e. The number of thiophene rings is 1. The fraction of sp³-hybridized carbons (Fsp3) is 0.526. The van der Waals surface area contributed by atoms with Gasteiger partial charge in [-0.1, -0.05) is 20.8 Å². The molecule has 0 radical (unpaired) electrons. The Morgan fingerprint density at radius 2 is 2.31 bits per heavy atom. The number of amides is 1. The molecule has 0 unspecified atom stereocenters. The van der Waals surface area contributed by atoms with Crippen LogP contribution >= 0.6 is 27.3 Å². The summed E-state index contributed by atoms with van der Waals surface area (Å²) in [6.45, 7) is 7.34. The molecule has 5 nitrogen and oxygen atoms in total. The average Bonchev–Trinajstić information content (AvgIpc) is 3.14. The van der Waals surface area contributed by atoms with Crippen LogP contribution in [0.2, 0.25) is 0 Å². The van der Waals surface area contributed by atoms with Crippen molar-refractivity contribution >= 4 is 38.2 Å². The molecule has 0 aliphatic heterocycles. The Morgan fingerprint density at radius 1 is 1.54 bits per heavy atom. The van der Waals surface area contributed by atoms with E-state index in [1.54, 1.807) is 22.2 Å². The molecule has 2 heterocycles. The molecule has 2 aromatic heterocycles. The highest BCUT2D eigenvalue weighted by Gasteiger charge is 2.32. The lowest BCUT2D eigenvalue weighted by Crippen LogP contribution is -2.26. The van der Waals surface area contributed by atoms with Gasteiger partial charge in [-0.3, -0.25) is 9.48 Å². The molecule has 0 saturated heterocycles. The van der Waals surface area contributed by atoms with Crippen molar-refractivity contribution in [1.29, 1.82) is 5.26 Å². The third-order valence-corrected chi connectivity index (χ3v) is 6.60. The van der Waals surface area contributed by atoms with Crippen LogP contribution in [-0.4, -0.2) is 15.7 Å². The third-order valence-electron chi connectivity index (χ3n) is 5.02. The Bertz CT molecular complexity index is 856. The van der Waals surface area contributed by atoms with Crippen LogP contribution in [0.15, 0.2) is 16.9 Å². The number of hydrogen-bond acceptors (Lipinski definition) is 4. The number of anilines is 1. The van der Waals surface area contributed by atoms with Crippen LogP contribution in [0.4, 0.5) is 5.00 Å². The first kappa shape index (κ1) is 19.1. The maximum atomic E-state index is 12.3. The summed E-state index contributed by atoms with van der Waals surface area (Å²) in [5.41, 5.74) is 2.06. The Balaban J connectivity index is 1.70. The number of aryl methyl sites for hydroxylation is 1. The summed E-state index contributed by atoms with van der Waals surface area (Å²) in [5, 5.41) is 17.4. The molecule has 26 heavy (non-hydrogen) atoms. The second-order valence-electron chi connectivity index (χ2n) is 7.85. The Hall–Kier alpha value is -1.65. The van der Waals surface area contributed by atoms with E-state index in [9.17, 15) is 10.1 Å². The number of carbonyl (C=O) groups excluding carboxylic acids is 1. The zero-order chi connectivity index (χ0) is 18.9. The van der Waals surface area contributed by atoms with Gasteiger partial charge in [0.2, 0.25) is 5.91 Å². The van der Waals surface area contributed by atoms with Crippen molar-refractivity contribution in [1.82, 2.24) is 9.78 Å². The molecule has 1 atom stereocenters. The topological polar surface area (TPSA) is 70.7 Å². The van der Waals surface area contributed by atoms with Crippen molar-refractivity contribution in [2.45, 2.75) is 53.0 Å². The second kappa shape index (κ2) is 7.53. The predicted molar refractivity (Wildman–Crippen MR) is 107 cm³/mol. The second-order valence-corrected chi connectivity index (χ2v) is 9.87. The number of rotatable bonds is 4. The van der Waals surface area contributed by atoms with E-state index in [1.165, 1.54) is 4.88 Å². The van der Waals surface area contributed by atoms with Crippen LogP contribution in [0.3, 0.4) is 0 Å². The molecule has 0 fully saturated rings. The van der Waals surface area contributed by atoms with E-state index >= 15 is 0 Å². The maximum absolute atomic E-state index is 12.3. The zero-order valence-electron chi connectivity index (χ0n) is 15.3. The Morgan fingerprint density at radius 3 is 2.92 bits per heavy atom. The van der Waals surface area contributed by atoms with Gasteiger partial charge in [-0.05, 0) is 52.1 Å². The van der Waals surface area contributed by atoms with Crippen molar-refractivity contribution in [2.24, 2.45) is 11.3 Å². The number of aromatic nitrogens is 2. The molecule has 0 aromatic carbocycles. The van der Waals surface area contributed by atoms with Gasteiger partial charge in [0.15, 0.2) is 0 Å². The van der Waals surface area contributed by atoms with Crippen LogP contribution in [0.25, 0.3) is 0 Å². The first-order valence-electron chi connectivity index (χ1n) is 8.80. The maximum Gasteiger partial charge on any atom is 0.226 e. The molecule has 3 rings (SSSR count). The number of fused-ring (bicyclic) bond motifs is 1. The van der Waals surface area contributed by atoms with Crippen LogP contribution in [0, 0.1) is 22.7 Å². The lowest BCUT2D eigenvalue weighted by Gasteiger charge is -2.33. The third kappa shape index (κ3) is 4.18. The van der Waals surface area contributed by atoms with Crippen molar-refractivity contribution < 1.29 is 4.79 Å². The van der Waals surface area contributed by atoms with E-state index in [0.717, 1.165) is 29.3 Å². The molecule has 2 aromatic rings. The van der Waals surface area contributed by atoms with Crippen molar-refractivity contribution in [2.75, 3.05) is 5.32 Å². The monoisotopic (exact) mass is 434 g/mol. The van der Waals surface area contributed by atoms with E-state index in [0.29, 0.717) is 29.4 Å². The smallest absolute Gasteiger partial charge is 0.226 e. The molecular formula is C19H23BrN4OS. The molecule has 1 aliphatic carbocycles. The number of nitriles is 1. The van der Waals surface area contributed by atoms with Gasteiger partial charge in [0, 0.05) is 24.0 Å². The van der Waals surface area contributed by atoms with Gasteiger partial charge in [-0.25, -0.2) is 0 Å². The van der Waals surface area contributed by atoms with E-state index in [-0.39, 0.29) is 11.3 Å². The van der Waals surface area contributed by atoms with Gasteiger partial charge in [-0.2, -0.15) is 10.4 Å². The summed E-state index contributed by atoms with van der Waals surface area (Å²) in [4.78, 5) is 13.6. The van der Waals surface area contributed by atoms with Crippen molar-refractivity contribution in [3.63, 3.8) is 0 Å². The fourth-order valence-corrected chi connectivity index (χ4v) is 5.02. The number of nitrogens with one attached hydrogen (secondary N) is 1.